The highest BCUT2D eigenvalue weighted by Gasteiger charge is 2.50. The molecule has 2 amide bonds. The number of rotatable bonds is 7. The van der Waals surface area contributed by atoms with Crippen LogP contribution in [0.4, 0.5) is 0 Å². The number of nitrogens with one attached hydrogen (secondary N) is 1. The smallest absolute Gasteiger partial charge is 0.271 e. The van der Waals surface area contributed by atoms with Crippen molar-refractivity contribution >= 4 is 33.4 Å². The van der Waals surface area contributed by atoms with Gasteiger partial charge in [0.25, 0.3) is 5.91 Å². The Morgan fingerprint density at radius 2 is 2.03 bits per heavy atom. The molecule has 0 aromatic carbocycles. The maximum Gasteiger partial charge on any atom is 0.271 e. The van der Waals surface area contributed by atoms with Gasteiger partial charge in [-0.05, 0) is 63.8 Å². The third kappa shape index (κ3) is 4.55. The minimum atomic E-state index is -0.959. The summed E-state index contributed by atoms with van der Waals surface area (Å²) in [5, 5.41) is 3.37. The Hall–Kier alpha value is -2.54. The molecule has 0 radical (unpaired) electrons. The first-order valence-electron chi connectivity index (χ1n) is 13.2. The molecule has 1 fully saturated rings. The first-order valence-corrected chi connectivity index (χ1v) is 14.0. The molecule has 0 spiro atoms. The second-order valence-electron chi connectivity index (χ2n) is 10.5. The van der Waals surface area contributed by atoms with E-state index in [2.05, 4.69) is 29.8 Å². The van der Waals surface area contributed by atoms with Gasteiger partial charge in [0.05, 0.1) is 23.0 Å². The van der Waals surface area contributed by atoms with E-state index < -0.39 is 5.54 Å². The molecular weight excluding hydrogens is 458 g/mol. The predicted molar refractivity (Wildman–Crippen MR) is 140 cm³/mol. The molecular formula is C28H37N3O3S. The van der Waals surface area contributed by atoms with Crippen LogP contribution in [-0.4, -0.2) is 38.9 Å². The van der Waals surface area contributed by atoms with Gasteiger partial charge in [0.2, 0.25) is 5.91 Å². The first-order chi connectivity index (χ1) is 16.9. The largest absolute Gasteiger partial charge is 0.469 e. The summed E-state index contributed by atoms with van der Waals surface area (Å²) in [6.07, 6.45) is 10.9. The zero-order valence-electron chi connectivity index (χ0n) is 21.1. The minimum Gasteiger partial charge on any atom is -0.469 e. The second kappa shape index (κ2) is 9.84. The number of hydrogen-bond donors (Lipinski definition) is 1. The lowest BCUT2D eigenvalue weighted by molar-refractivity contribution is -0.135. The number of carbonyl (C=O) groups excluding carboxylic acids is 2. The van der Waals surface area contributed by atoms with E-state index in [0.717, 1.165) is 60.9 Å². The van der Waals surface area contributed by atoms with E-state index in [1.165, 1.54) is 17.7 Å². The number of aryl methyl sites for hydroxylation is 2. The average Bonchev–Trinajstić information content (AvgIpc) is 3.52. The molecule has 0 bridgehead atoms. The molecule has 6 nitrogen and oxygen atoms in total. The lowest BCUT2D eigenvalue weighted by Gasteiger charge is -2.47. The fourth-order valence-electron chi connectivity index (χ4n) is 5.91. The second-order valence-corrected chi connectivity index (χ2v) is 11.7. The monoisotopic (exact) mass is 495 g/mol. The van der Waals surface area contributed by atoms with Crippen LogP contribution in [0.3, 0.4) is 0 Å². The molecule has 1 unspecified atom stereocenters. The van der Waals surface area contributed by atoms with Crippen molar-refractivity contribution in [2.75, 3.05) is 0 Å². The number of nitrogens with zero attached hydrogens (tertiary/aromatic N) is 2. The molecule has 4 heterocycles. The van der Waals surface area contributed by atoms with Crippen LogP contribution in [0, 0.1) is 0 Å². The third-order valence-corrected chi connectivity index (χ3v) is 9.15. The van der Waals surface area contributed by atoms with Crippen molar-refractivity contribution in [3.63, 3.8) is 0 Å². The van der Waals surface area contributed by atoms with Crippen LogP contribution in [0.2, 0.25) is 0 Å². The maximum atomic E-state index is 14.0. The molecule has 3 aromatic rings. The van der Waals surface area contributed by atoms with Gasteiger partial charge in [-0.2, -0.15) is 0 Å². The van der Waals surface area contributed by atoms with E-state index in [1.54, 1.807) is 17.6 Å². The first kappa shape index (κ1) is 24.2. The quantitative estimate of drug-likeness (QED) is 0.413. The Morgan fingerprint density at radius 3 is 2.71 bits per heavy atom. The number of hydrogen-bond acceptors (Lipinski definition) is 4. The summed E-state index contributed by atoms with van der Waals surface area (Å²) in [6.45, 7) is 6.65. The Balaban J connectivity index is 1.48. The van der Waals surface area contributed by atoms with Crippen LogP contribution in [0.15, 0.2) is 34.9 Å². The lowest BCUT2D eigenvalue weighted by atomic mass is 9.91. The molecule has 1 saturated carbocycles. The highest BCUT2D eigenvalue weighted by Crippen LogP contribution is 2.38. The summed E-state index contributed by atoms with van der Waals surface area (Å²) >= 11 is 1.75. The number of fused-ring (bicyclic) bond motifs is 3. The Kier molecular flexibility index (Phi) is 6.80. The number of carbonyl (C=O) groups is 2. The number of aromatic nitrogens is 1. The highest BCUT2D eigenvalue weighted by molar-refractivity contribution is 7.19. The van der Waals surface area contributed by atoms with Gasteiger partial charge in [-0.3, -0.25) is 9.59 Å². The summed E-state index contributed by atoms with van der Waals surface area (Å²) in [4.78, 5) is 31.2. The maximum absolute atomic E-state index is 14.0. The molecule has 2 atom stereocenters. The Morgan fingerprint density at radius 1 is 1.26 bits per heavy atom. The van der Waals surface area contributed by atoms with Crippen molar-refractivity contribution in [1.82, 2.24) is 14.8 Å². The molecule has 1 aliphatic carbocycles. The van der Waals surface area contributed by atoms with Crippen LogP contribution < -0.4 is 5.32 Å². The average molecular weight is 496 g/mol. The van der Waals surface area contributed by atoms with E-state index in [4.69, 9.17) is 4.42 Å². The van der Waals surface area contributed by atoms with Gasteiger partial charge in [0, 0.05) is 23.4 Å². The van der Waals surface area contributed by atoms with E-state index in [9.17, 15) is 9.59 Å². The van der Waals surface area contributed by atoms with Gasteiger partial charge in [-0.15, -0.1) is 11.3 Å². The molecule has 35 heavy (non-hydrogen) atoms. The summed E-state index contributed by atoms with van der Waals surface area (Å²) < 4.78 is 8.75. The van der Waals surface area contributed by atoms with Crippen molar-refractivity contribution in [2.24, 2.45) is 0 Å². The zero-order chi connectivity index (χ0) is 24.6. The summed E-state index contributed by atoms with van der Waals surface area (Å²) in [5.41, 5.74) is 0.809. The molecule has 1 aliphatic heterocycles. The van der Waals surface area contributed by atoms with Gasteiger partial charge in [0.15, 0.2) is 0 Å². The van der Waals surface area contributed by atoms with E-state index in [1.807, 2.05) is 30.0 Å². The fraction of sp³-hybridized carbons (Fsp3) is 0.571. The molecule has 1 N–H and O–H groups in total. The van der Waals surface area contributed by atoms with Gasteiger partial charge in [-0.1, -0.05) is 32.6 Å². The molecule has 188 valence electrons. The van der Waals surface area contributed by atoms with Crippen molar-refractivity contribution < 1.29 is 14.0 Å². The Bertz CT molecular complexity index is 1190. The standard InChI is InChI=1S/C28H37N3O3S/c1-4-22-16-23-25(35-22)17-24-26(32)31(19(2)13-14-21-12-9-15-34-21)28(3,18-30(23)24)27(33)29-20-10-7-5-6-8-11-20/h9,12,15-17,19-20H,4-8,10-11,13-14,18H2,1-3H3,(H,29,33)/t19?,28-/m1/s1. The molecule has 7 heteroatoms. The SMILES string of the molecule is CCc1cc2c(cc3n2C[C@](C)(C(=O)NC2CCCCCC2)N(C(C)CCc2ccco2)C3=O)s1. The van der Waals surface area contributed by atoms with Crippen LogP contribution in [0.5, 0.6) is 0 Å². The van der Waals surface area contributed by atoms with E-state index in [0.29, 0.717) is 12.2 Å². The van der Waals surface area contributed by atoms with Crippen LogP contribution >= 0.6 is 11.3 Å². The third-order valence-electron chi connectivity index (χ3n) is 7.93. The zero-order valence-corrected chi connectivity index (χ0v) is 22.0. The van der Waals surface area contributed by atoms with Crippen molar-refractivity contribution in [2.45, 2.75) is 103 Å². The highest BCUT2D eigenvalue weighted by atomic mass is 32.1. The molecule has 2 aliphatic rings. The summed E-state index contributed by atoms with van der Waals surface area (Å²) in [5.74, 6) is 0.825. The van der Waals surface area contributed by atoms with Crippen molar-refractivity contribution in [3.8, 4) is 0 Å². The van der Waals surface area contributed by atoms with Crippen molar-refractivity contribution in [3.05, 3.63) is 46.9 Å². The topological polar surface area (TPSA) is 67.5 Å². The fourth-order valence-corrected chi connectivity index (χ4v) is 6.96. The molecule has 0 saturated heterocycles. The summed E-state index contributed by atoms with van der Waals surface area (Å²) in [7, 11) is 0. The van der Waals surface area contributed by atoms with Gasteiger partial charge >= 0.3 is 0 Å². The van der Waals surface area contributed by atoms with Crippen molar-refractivity contribution in [1.29, 1.82) is 0 Å². The summed E-state index contributed by atoms with van der Waals surface area (Å²) in [6, 6.07) is 8.15. The number of thiophene rings is 1. The van der Waals surface area contributed by atoms with Gasteiger partial charge in [0.1, 0.15) is 17.0 Å². The minimum absolute atomic E-state index is 0.0268. The predicted octanol–water partition coefficient (Wildman–Crippen LogP) is 5.93. The van der Waals surface area contributed by atoms with E-state index in [-0.39, 0.29) is 23.9 Å². The number of amides is 2. The van der Waals surface area contributed by atoms with Gasteiger partial charge < -0.3 is 19.2 Å². The van der Waals surface area contributed by atoms with Gasteiger partial charge in [-0.25, -0.2) is 0 Å². The van der Waals surface area contributed by atoms with E-state index >= 15 is 0 Å². The molecule has 5 rings (SSSR count). The van der Waals surface area contributed by atoms with Crippen LogP contribution in [0.25, 0.3) is 10.2 Å². The van der Waals surface area contributed by atoms with Crippen LogP contribution in [-0.2, 0) is 24.2 Å². The Labute approximate surface area is 211 Å². The van der Waals surface area contributed by atoms with Crippen LogP contribution in [0.1, 0.15) is 86.8 Å². The molecule has 3 aromatic heterocycles. The number of furan rings is 1. The lowest BCUT2D eigenvalue weighted by Crippen LogP contribution is -2.67. The normalized spacial score (nSPS) is 22.3.